The molecular weight excluding hydrogens is 680 g/mol. The van der Waals surface area contributed by atoms with Gasteiger partial charge in [-0.15, -0.1) is 12.4 Å². The molecule has 3 aliphatic rings. The Morgan fingerprint density at radius 3 is 2.61 bits per heavy atom. The molecule has 15 heteroatoms. The minimum atomic E-state index is -2.04. The van der Waals surface area contributed by atoms with Crippen molar-refractivity contribution >= 4 is 64.8 Å². The lowest BCUT2D eigenvalue weighted by molar-refractivity contribution is -0.190. The largest absolute Gasteiger partial charge is 0.480 e. The van der Waals surface area contributed by atoms with Crippen LogP contribution in [0.25, 0.3) is 22.3 Å². The maximum absolute atomic E-state index is 14.2. The van der Waals surface area contributed by atoms with E-state index in [-0.39, 0.29) is 49.0 Å². The lowest BCUT2D eigenvalue weighted by Crippen LogP contribution is -2.51. The normalized spacial score (nSPS) is 17.9. The summed E-state index contributed by atoms with van der Waals surface area (Å²) in [6, 6.07) is 4.73. The standard InChI is InChI=1S/C36H42N6O8.ClH/c1-5-7-8-12-41-18-38-24-10-9-11-25-29(24)31(41)20-16-42-27(30(20)39-25)14-22-21(33(42)45)17-49-35(48)36(22,6-2)50-28(43)15-26(34(46)47)40-32(44)23(37)13-19(3)4;/h9-11,14,18-19,23,26H,5-8,12-13,15-17,37H2,1-4H3,(H,40,44)(H,46,47);1H/t23-,26+,36-;/m0./s1. The molecule has 6 rings (SSSR count). The fourth-order valence-corrected chi connectivity index (χ4v) is 7.06. The summed E-state index contributed by atoms with van der Waals surface area (Å²) in [6.45, 7) is 8.12. The van der Waals surface area contributed by atoms with Crippen LogP contribution in [-0.2, 0) is 47.4 Å². The molecule has 4 N–H and O–H groups in total. The Bertz CT molecular complexity index is 1990. The number of anilines is 1. The Hall–Kier alpha value is -4.82. The van der Waals surface area contributed by atoms with Gasteiger partial charge >= 0.3 is 17.9 Å². The Labute approximate surface area is 300 Å². The number of hydrogen-bond acceptors (Lipinski definition) is 11. The number of carbonyl (C=O) groups excluding carboxylic acids is 3. The van der Waals surface area contributed by atoms with Gasteiger partial charge in [-0.1, -0.05) is 46.6 Å². The second kappa shape index (κ2) is 14.8. The van der Waals surface area contributed by atoms with Gasteiger partial charge in [-0.25, -0.2) is 19.6 Å². The summed E-state index contributed by atoms with van der Waals surface area (Å²) in [6.07, 6.45) is 4.29. The van der Waals surface area contributed by atoms with Gasteiger partial charge in [-0.05, 0) is 43.4 Å². The highest BCUT2D eigenvalue weighted by Crippen LogP contribution is 2.47. The molecule has 0 saturated heterocycles. The van der Waals surface area contributed by atoms with E-state index in [2.05, 4.69) is 22.1 Å². The predicted octanol–water partition coefficient (Wildman–Crippen LogP) is 4.06. The molecular formula is C36H43ClN6O8. The van der Waals surface area contributed by atoms with E-state index in [9.17, 15) is 29.1 Å². The summed E-state index contributed by atoms with van der Waals surface area (Å²) in [5.74, 6) is -4.09. The van der Waals surface area contributed by atoms with Gasteiger partial charge in [-0.2, -0.15) is 0 Å². The Kier molecular flexibility index (Phi) is 10.9. The number of esters is 2. The van der Waals surface area contributed by atoms with Crippen LogP contribution in [0.3, 0.4) is 0 Å². The number of nitrogens with one attached hydrogen (secondary N) is 1. The molecule has 272 valence electrons. The highest BCUT2D eigenvalue weighted by Gasteiger charge is 2.51. The van der Waals surface area contributed by atoms with Crippen molar-refractivity contribution < 1.29 is 33.8 Å². The van der Waals surface area contributed by atoms with E-state index in [0.717, 1.165) is 48.1 Å². The third-order valence-electron chi connectivity index (χ3n) is 9.59. The molecule has 0 radical (unpaired) electrons. The van der Waals surface area contributed by atoms with Gasteiger partial charge in [0.1, 0.15) is 12.6 Å². The highest BCUT2D eigenvalue weighted by molar-refractivity contribution is 6.11. The van der Waals surface area contributed by atoms with E-state index in [1.807, 2.05) is 38.4 Å². The average molecular weight is 723 g/mol. The van der Waals surface area contributed by atoms with Crippen molar-refractivity contribution in [2.75, 3.05) is 11.4 Å². The van der Waals surface area contributed by atoms with Gasteiger partial charge in [0.2, 0.25) is 11.5 Å². The molecule has 0 aliphatic carbocycles. The quantitative estimate of drug-likeness (QED) is 0.133. The molecule has 1 amide bonds. The number of amides is 1. The molecule has 3 aromatic rings. The summed E-state index contributed by atoms with van der Waals surface area (Å²) < 4.78 is 12.9. The number of aromatic nitrogens is 2. The number of fused-ring (bicyclic) bond motifs is 5. The van der Waals surface area contributed by atoms with E-state index < -0.39 is 53.5 Å². The van der Waals surface area contributed by atoms with Crippen molar-refractivity contribution in [3.8, 4) is 11.4 Å². The molecule has 0 saturated carbocycles. The SMILES string of the molecule is CCCCCN1C=Nc2cccc3nc4c(c1c23)Cn1c-4cc2c(c1=O)COC(=O)[C@@]2(CC)OC(=O)C[C@@H](NC(=O)[C@@H](N)CC(C)C)C(=O)O.Cl. The number of nitrogens with two attached hydrogens (primary N) is 1. The molecule has 14 nitrogen and oxygen atoms in total. The first-order chi connectivity index (χ1) is 23.9. The van der Waals surface area contributed by atoms with E-state index in [0.29, 0.717) is 23.3 Å². The van der Waals surface area contributed by atoms with E-state index in [1.54, 1.807) is 17.6 Å². The van der Waals surface area contributed by atoms with Crippen LogP contribution in [0.5, 0.6) is 0 Å². The molecule has 51 heavy (non-hydrogen) atoms. The lowest BCUT2D eigenvalue weighted by atomic mass is 9.85. The number of carbonyl (C=O) groups is 4. The molecule has 1 aromatic carbocycles. The summed E-state index contributed by atoms with van der Waals surface area (Å²) in [4.78, 5) is 77.6. The van der Waals surface area contributed by atoms with Crippen molar-refractivity contribution in [3.63, 3.8) is 0 Å². The molecule has 0 spiro atoms. The highest BCUT2D eigenvalue weighted by atomic mass is 35.5. The number of unbranched alkanes of at least 4 members (excludes halogenated alkanes) is 2. The zero-order valence-corrected chi connectivity index (χ0v) is 29.9. The van der Waals surface area contributed by atoms with Crippen LogP contribution in [0.15, 0.2) is 34.1 Å². The van der Waals surface area contributed by atoms with Crippen LogP contribution < -0.4 is 21.5 Å². The first-order valence-electron chi connectivity index (χ1n) is 17.1. The van der Waals surface area contributed by atoms with Crippen molar-refractivity contribution in [1.82, 2.24) is 14.9 Å². The molecule has 0 bridgehead atoms. The van der Waals surface area contributed by atoms with Gasteiger partial charge in [0, 0.05) is 17.7 Å². The Balaban J connectivity index is 0.00000504. The third kappa shape index (κ3) is 6.69. The molecule has 0 fully saturated rings. The number of ether oxygens (including phenoxy) is 2. The molecule has 0 unspecified atom stereocenters. The first kappa shape index (κ1) is 37.4. The van der Waals surface area contributed by atoms with Crippen LogP contribution in [-0.4, -0.2) is 63.4 Å². The fraction of sp³-hybridized carbons (Fsp3) is 0.472. The predicted molar refractivity (Wildman–Crippen MR) is 192 cm³/mol. The van der Waals surface area contributed by atoms with Crippen molar-refractivity contribution in [2.45, 2.75) is 97.1 Å². The van der Waals surface area contributed by atoms with Crippen LogP contribution >= 0.6 is 12.4 Å². The average Bonchev–Trinajstić information content (AvgIpc) is 3.45. The van der Waals surface area contributed by atoms with Gasteiger partial charge < -0.3 is 35.1 Å². The number of pyridine rings is 2. The maximum atomic E-state index is 14.2. The number of rotatable bonds is 13. The van der Waals surface area contributed by atoms with Gasteiger partial charge in [-0.3, -0.25) is 14.4 Å². The Morgan fingerprint density at radius 1 is 1.16 bits per heavy atom. The number of hydrogen-bond donors (Lipinski definition) is 3. The number of cyclic esters (lactones) is 1. The van der Waals surface area contributed by atoms with Gasteiger partial charge in [0.25, 0.3) is 5.56 Å². The second-order valence-electron chi connectivity index (χ2n) is 13.5. The lowest BCUT2D eigenvalue weighted by Gasteiger charge is -2.36. The van der Waals surface area contributed by atoms with E-state index in [1.165, 1.54) is 0 Å². The molecule has 3 atom stereocenters. The van der Waals surface area contributed by atoms with Crippen LogP contribution in [0.4, 0.5) is 11.4 Å². The maximum Gasteiger partial charge on any atom is 0.355 e. The number of aliphatic imine (C=N–C) groups is 1. The molecule has 3 aliphatic heterocycles. The number of carboxylic acids is 1. The first-order valence-corrected chi connectivity index (χ1v) is 17.1. The summed E-state index contributed by atoms with van der Waals surface area (Å²) in [5, 5.41) is 13.0. The van der Waals surface area contributed by atoms with Gasteiger partial charge in [0.05, 0.1) is 64.6 Å². The smallest absolute Gasteiger partial charge is 0.355 e. The van der Waals surface area contributed by atoms with E-state index in [4.69, 9.17) is 20.2 Å². The second-order valence-corrected chi connectivity index (χ2v) is 13.5. The number of benzene rings is 1. The van der Waals surface area contributed by atoms with Crippen molar-refractivity contribution in [1.29, 1.82) is 0 Å². The van der Waals surface area contributed by atoms with Crippen LogP contribution in [0.1, 0.15) is 82.9 Å². The number of nitrogens with zero attached hydrogens (tertiary/aromatic N) is 4. The summed E-state index contributed by atoms with van der Waals surface area (Å²) in [7, 11) is 0. The fourth-order valence-electron chi connectivity index (χ4n) is 7.06. The van der Waals surface area contributed by atoms with Gasteiger partial charge in [0.15, 0.2) is 0 Å². The van der Waals surface area contributed by atoms with E-state index >= 15 is 0 Å². The number of aliphatic carboxylic acids is 1. The summed E-state index contributed by atoms with van der Waals surface area (Å²) in [5.41, 5.74) is 8.08. The van der Waals surface area contributed by atoms with Crippen molar-refractivity contribution in [3.05, 3.63) is 51.3 Å². The zero-order valence-electron chi connectivity index (χ0n) is 29.1. The minimum Gasteiger partial charge on any atom is -0.480 e. The number of carboxylic acid groups (broad SMARTS) is 1. The van der Waals surface area contributed by atoms with Crippen LogP contribution in [0, 0.1) is 5.92 Å². The summed E-state index contributed by atoms with van der Waals surface area (Å²) >= 11 is 0. The van der Waals surface area contributed by atoms with Crippen molar-refractivity contribution in [2.24, 2.45) is 16.6 Å². The topological polar surface area (TPSA) is 196 Å². The molecule has 5 heterocycles. The van der Waals surface area contributed by atoms with Crippen LogP contribution in [0.2, 0.25) is 0 Å². The zero-order chi connectivity index (χ0) is 35.9. The minimum absolute atomic E-state index is 0. The monoisotopic (exact) mass is 722 g/mol. The third-order valence-corrected chi connectivity index (χ3v) is 9.59. The Morgan fingerprint density at radius 2 is 1.92 bits per heavy atom. The molecule has 2 aromatic heterocycles. The number of halogens is 1.